The monoisotopic (exact) mass is 445 g/mol. The van der Waals surface area contributed by atoms with E-state index < -0.39 is 5.95 Å². The lowest BCUT2D eigenvalue weighted by molar-refractivity contribution is -0.118. The summed E-state index contributed by atoms with van der Waals surface area (Å²) in [5.41, 5.74) is 3.21. The van der Waals surface area contributed by atoms with E-state index in [1.807, 2.05) is 23.1 Å². The number of halogens is 1. The largest absolute Gasteiger partial charge is 0.482 e. The summed E-state index contributed by atoms with van der Waals surface area (Å²) in [6, 6.07) is 18.5. The van der Waals surface area contributed by atoms with E-state index >= 15 is 0 Å². The molecule has 2 aromatic carbocycles. The fourth-order valence-electron chi connectivity index (χ4n) is 4.80. The smallest absolute Gasteiger partial charge is 0.262 e. The number of nitrogens with one attached hydrogen (secondary N) is 1. The number of fused-ring (bicyclic) bond motifs is 1. The summed E-state index contributed by atoms with van der Waals surface area (Å²) in [5, 5.41) is 2.75. The average Bonchev–Trinajstić information content (AvgIpc) is 2.85. The molecule has 3 heterocycles. The number of ether oxygens (including phenoxy) is 1. The zero-order chi connectivity index (χ0) is 22.8. The van der Waals surface area contributed by atoms with Gasteiger partial charge in [0.25, 0.3) is 11.8 Å². The van der Waals surface area contributed by atoms with Crippen LogP contribution in [0.3, 0.4) is 0 Å². The Morgan fingerprint density at radius 3 is 2.58 bits per heavy atom. The second-order valence-corrected chi connectivity index (χ2v) is 8.48. The molecule has 2 aliphatic rings. The molecule has 2 aliphatic heterocycles. The number of nitrogens with zero attached hydrogens (tertiary/aromatic N) is 2. The lowest BCUT2D eigenvalue weighted by atomic mass is 9.76. The summed E-state index contributed by atoms with van der Waals surface area (Å²) >= 11 is 0. The first kappa shape index (κ1) is 21.1. The van der Waals surface area contributed by atoms with Crippen molar-refractivity contribution in [3.63, 3.8) is 0 Å². The fourth-order valence-corrected chi connectivity index (χ4v) is 4.80. The molecule has 1 fully saturated rings. The minimum absolute atomic E-state index is 0.0139. The van der Waals surface area contributed by atoms with Crippen LogP contribution in [0, 0.1) is 11.9 Å². The van der Waals surface area contributed by atoms with Gasteiger partial charge < -0.3 is 15.0 Å². The molecule has 0 radical (unpaired) electrons. The van der Waals surface area contributed by atoms with Gasteiger partial charge in [0.05, 0.1) is 5.69 Å². The van der Waals surface area contributed by atoms with Crippen LogP contribution in [0.25, 0.3) is 0 Å². The fraction of sp³-hybridized carbons (Fsp3) is 0.269. The van der Waals surface area contributed by atoms with Crippen LogP contribution in [0.2, 0.25) is 0 Å². The third kappa shape index (κ3) is 4.44. The number of anilines is 1. The van der Waals surface area contributed by atoms with Crippen molar-refractivity contribution in [2.24, 2.45) is 5.92 Å². The van der Waals surface area contributed by atoms with Gasteiger partial charge in [-0.2, -0.15) is 4.39 Å². The maximum absolute atomic E-state index is 13.4. The summed E-state index contributed by atoms with van der Waals surface area (Å²) in [5.74, 6) is 0.194. The zero-order valence-corrected chi connectivity index (χ0v) is 18.0. The summed E-state index contributed by atoms with van der Waals surface area (Å²) in [7, 11) is 0. The number of amides is 2. The molecule has 33 heavy (non-hydrogen) atoms. The van der Waals surface area contributed by atoms with Crippen LogP contribution < -0.4 is 10.1 Å². The Labute approximate surface area is 191 Å². The average molecular weight is 445 g/mol. The van der Waals surface area contributed by atoms with Gasteiger partial charge in [0.1, 0.15) is 5.75 Å². The number of hydrogen-bond acceptors (Lipinski definition) is 4. The molecule has 0 spiro atoms. The van der Waals surface area contributed by atoms with E-state index in [0.29, 0.717) is 36.0 Å². The normalized spacial score (nSPS) is 17.0. The Balaban J connectivity index is 1.32. The standard InChI is InChI=1S/C26H24FN3O3/c27-23-9-7-20(15-28-23)25(17-4-2-1-3-5-17)18-10-12-30(13-11-18)26(32)19-6-8-22-21(14-19)29-24(31)16-33-22/h1-9,14-15,18,25H,10-13,16H2,(H,29,31). The van der Waals surface area contributed by atoms with Crippen LogP contribution in [0.1, 0.15) is 40.2 Å². The molecule has 0 bridgehead atoms. The van der Waals surface area contributed by atoms with Crippen molar-refractivity contribution in [1.29, 1.82) is 0 Å². The summed E-state index contributed by atoms with van der Waals surface area (Å²) in [6.07, 6.45) is 3.27. The number of rotatable bonds is 4. The van der Waals surface area contributed by atoms with E-state index in [0.717, 1.165) is 18.4 Å². The molecule has 1 unspecified atom stereocenters. The van der Waals surface area contributed by atoms with E-state index in [1.54, 1.807) is 30.5 Å². The predicted octanol–water partition coefficient (Wildman–Crippen LogP) is 4.24. The molecule has 168 valence electrons. The third-order valence-electron chi connectivity index (χ3n) is 6.43. The Hall–Kier alpha value is -3.74. The molecule has 1 N–H and O–H groups in total. The number of carbonyl (C=O) groups is 2. The van der Waals surface area contributed by atoms with E-state index in [2.05, 4.69) is 22.4 Å². The Morgan fingerprint density at radius 1 is 1.06 bits per heavy atom. The van der Waals surface area contributed by atoms with Gasteiger partial charge in [0, 0.05) is 30.8 Å². The third-order valence-corrected chi connectivity index (χ3v) is 6.43. The first-order valence-corrected chi connectivity index (χ1v) is 11.1. The van der Waals surface area contributed by atoms with Gasteiger partial charge in [-0.1, -0.05) is 36.4 Å². The molecule has 1 aromatic heterocycles. The Bertz CT molecular complexity index is 1160. The van der Waals surface area contributed by atoms with Gasteiger partial charge in [0.2, 0.25) is 5.95 Å². The van der Waals surface area contributed by atoms with Gasteiger partial charge in [-0.25, -0.2) is 4.98 Å². The van der Waals surface area contributed by atoms with Crippen molar-refractivity contribution in [2.75, 3.05) is 25.0 Å². The van der Waals surface area contributed by atoms with Crippen LogP contribution in [0.15, 0.2) is 66.9 Å². The van der Waals surface area contributed by atoms with Crippen molar-refractivity contribution < 1.29 is 18.7 Å². The van der Waals surface area contributed by atoms with E-state index in [9.17, 15) is 14.0 Å². The first-order chi connectivity index (χ1) is 16.1. The number of hydrogen-bond donors (Lipinski definition) is 1. The highest BCUT2D eigenvalue weighted by Gasteiger charge is 2.31. The molecule has 3 aromatic rings. The highest BCUT2D eigenvalue weighted by molar-refractivity contribution is 5.99. The number of likely N-dealkylation sites (tertiary alicyclic amines) is 1. The van der Waals surface area contributed by atoms with Crippen molar-refractivity contribution >= 4 is 17.5 Å². The number of benzene rings is 2. The molecule has 5 rings (SSSR count). The number of pyridine rings is 1. The van der Waals surface area contributed by atoms with Crippen molar-refractivity contribution in [2.45, 2.75) is 18.8 Å². The molecule has 6 nitrogen and oxygen atoms in total. The van der Waals surface area contributed by atoms with Gasteiger partial charge >= 0.3 is 0 Å². The van der Waals surface area contributed by atoms with Crippen molar-refractivity contribution in [3.8, 4) is 5.75 Å². The maximum Gasteiger partial charge on any atom is 0.262 e. The number of carbonyl (C=O) groups excluding carboxylic acids is 2. The van der Waals surface area contributed by atoms with Crippen molar-refractivity contribution in [3.05, 3.63) is 89.5 Å². The Morgan fingerprint density at radius 2 is 1.85 bits per heavy atom. The van der Waals surface area contributed by atoms with Crippen LogP contribution in [0.5, 0.6) is 5.75 Å². The predicted molar refractivity (Wildman–Crippen MR) is 122 cm³/mol. The van der Waals surface area contributed by atoms with Gasteiger partial charge in [0.15, 0.2) is 6.61 Å². The quantitative estimate of drug-likeness (QED) is 0.610. The highest BCUT2D eigenvalue weighted by atomic mass is 19.1. The van der Waals surface area contributed by atoms with Crippen LogP contribution in [-0.4, -0.2) is 41.4 Å². The highest BCUT2D eigenvalue weighted by Crippen LogP contribution is 2.38. The second kappa shape index (κ2) is 9.02. The number of aromatic nitrogens is 1. The molecule has 7 heteroatoms. The summed E-state index contributed by atoms with van der Waals surface area (Å²) in [4.78, 5) is 30.5. The lowest BCUT2D eigenvalue weighted by Gasteiger charge is -2.36. The molecule has 2 amide bonds. The molecule has 1 saturated heterocycles. The SMILES string of the molecule is O=C1COc2ccc(C(=O)N3CCC(C(c4ccccc4)c4ccc(F)nc4)CC3)cc2N1. The van der Waals surface area contributed by atoms with E-state index in [-0.39, 0.29) is 24.3 Å². The molecular weight excluding hydrogens is 421 g/mol. The minimum Gasteiger partial charge on any atom is -0.482 e. The number of piperidine rings is 1. The van der Waals surface area contributed by atoms with Crippen molar-refractivity contribution in [1.82, 2.24) is 9.88 Å². The lowest BCUT2D eigenvalue weighted by Crippen LogP contribution is -2.40. The second-order valence-electron chi connectivity index (χ2n) is 8.48. The van der Waals surface area contributed by atoms with Crippen LogP contribution >= 0.6 is 0 Å². The molecular formula is C26H24FN3O3. The van der Waals surface area contributed by atoms with E-state index in [4.69, 9.17) is 4.74 Å². The van der Waals surface area contributed by atoms with E-state index in [1.165, 1.54) is 11.6 Å². The minimum atomic E-state index is -0.488. The van der Waals surface area contributed by atoms with Gasteiger partial charge in [-0.3, -0.25) is 9.59 Å². The molecule has 0 saturated carbocycles. The first-order valence-electron chi connectivity index (χ1n) is 11.1. The van der Waals surface area contributed by atoms with Gasteiger partial charge in [-0.05, 0) is 54.2 Å². The summed E-state index contributed by atoms with van der Waals surface area (Å²) < 4.78 is 18.8. The molecule has 1 atom stereocenters. The zero-order valence-electron chi connectivity index (χ0n) is 18.0. The van der Waals surface area contributed by atoms with Gasteiger partial charge in [-0.15, -0.1) is 0 Å². The van der Waals surface area contributed by atoms with Crippen LogP contribution in [-0.2, 0) is 4.79 Å². The summed E-state index contributed by atoms with van der Waals surface area (Å²) in [6.45, 7) is 1.24. The maximum atomic E-state index is 13.4. The molecule has 0 aliphatic carbocycles. The van der Waals surface area contributed by atoms with Crippen LogP contribution in [0.4, 0.5) is 10.1 Å². The topological polar surface area (TPSA) is 71.5 Å². The Kier molecular flexibility index (Phi) is 5.77.